The van der Waals surface area contributed by atoms with E-state index in [2.05, 4.69) is 10.6 Å². The number of benzene rings is 2. The highest BCUT2D eigenvalue weighted by Crippen LogP contribution is 2.32. The van der Waals surface area contributed by atoms with Crippen molar-refractivity contribution in [1.29, 1.82) is 0 Å². The molecule has 0 spiro atoms. The van der Waals surface area contributed by atoms with Crippen molar-refractivity contribution in [3.63, 3.8) is 0 Å². The van der Waals surface area contributed by atoms with Gasteiger partial charge in [-0.25, -0.2) is 13.2 Å². The molecule has 1 heterocycles. The van der Waals surface area contributed by atoms with Crippen LogP contribution in [0.15, 0.2) is 30.3 Å². The summed E-state index contributed by atoms with van der Waals surface area (Å²) < 4.78 is 48.9. The second kappa shape index (κ2) is 10.7. The van der Waals surface area contributed by atoms with Gasteiger partial charge in [0.15, 0.2) is 17.2 Å². The Morgan fingerprint density at radius 1 is 1.18 bits per heavy atom. The van der Waals surface area contributed by atoms with Crippen LogP contribution in [0.25, 0.3) is 0 Å². The fourth-order valence-corrected chi connectivity index (χ4v) is 4.03. The number of amides is 1. The fraction of sp³-hybridized carbons (Fsp3) is 0.364. The Morgan fingerprint density at radius 2 is 1.91 bits per heavy atom. The normalized spacial score (nSPS) is 14.5. The zero-order chi connectivity index (χ0) is 24.2. The van der Waals surface area contributed by atoms with Crippen molar-refractivity contribution in [1.82, 2.24) is 10.2 Å². The van der Waals surface area contributed by atoms with E-state index in [1.807, 2.05) is 22.6 Å². The molecule has 3 rings (SSSR count). The lowest BCUT2D eigenvalue weighted by atomic mass is 9.92. The number of aliphatic hydroxyl groups is 1. The average molecular weight is 577 g/mol. The molecule has 7 nitrogen and oxygen atoms in total. The van der Waals surface area contributed by atoms with Crippen LogP contribution in [0.3, 0.4) is 0 Å². The zero-order valence-electron chi connectivity index (χ0n) is 17.8. The van der Waals surface area contributed by atoms with E-state index in [1.54, 1.807) is 6.07 Å². The van der Waals surface area contributed by atoms with E-state index in [0.717, 1.165) is 12.1 Å². The molecule has 2 aromatic rings. The van der Waals surface area contributed by atoms with Gasteiger partial charge >= 0.3 is 5.97 Å². The molecule has 1 aliphatic heterocycles. The number of carbonyl (C=O) groups excluding carboxylic acids is 2. The van der Waals surface area contributed by atoms with Crippen molar-refractivity contribution in [3.05, 3.63) is 56.9 Å². The van der Waals surface area contributed by atoms with Crippen LogP contribution in [0, 0.1) is 21.0 Å². The number of halogens is 4. The lowest BCUT2D eigenvalue weighted by Gasteiger charge is -2.49. The second-order valence-corrected chi connectivity index (χ2v) is 8.97. The number of hydrogen-bond acceptors (Lipinski definition) is 6. The first-order chi connectivity index (χ1) is 15.7. The van der Waals surface area contributed by atoms with Gasteiger partial charge in [-0.15, -0.1) is 0 Å². The minimum atomic E-state index is -1.31. The molecule has 2 aromatic carbocycles. The highest BCUT2D eigenvalue weighted by molar-refractivity contribution is 14.1. The van der Waals surface area contributed by atoms with Gasteiger partial charge in [0.05, 0.1) is 30.0 Å². The number of aliphatic hydroxyl groups excluding tert-OH is 1. The second-order valence-electron chi connectivity index (χ2n) is 7.72. The van der Waals surface area contributed by atoms with Crippen LogP contribution in [0.1, 0.15) is 23.7 Å². The van der Waals surface area contributed by atoms with Crippen molar-refractivity contribution < 1.29 is 32.6 Å². The molecule has 0 unspecified atom stereocenters. The molecule has 0 bridgehead atoms. The van der Waals surface area contributed by atoms with E-state index in [0.29, 0.717) is 16.5 Å². The minimum absolute atomic E-state index is 0.00520. The molecular weight excluding hydrogens is 554 g/mol. The first-order valence-corrected chi connectivity index (χ1v) is 11.2. The SMILES string of the molecule is CC(=O)OC1(CNCCCO)CN(C(=O)c2ccc(F)c(F)c2Nc2ccc(I)cc2F)C1. The van der Waals surface area contributed by atoms with Crippen LogP contribution in [-0.4, -0.2) is 60.3 Å². The summed E-state index contributed by atoms with van der Waals surface area (Å²) >= 11 is 1.91. The summed E-state index contributed by atoms with van der Waals surface area (Å²) in [4.78, 5) is 26.0. The number of esters is 1. The first kappa shape index (κ1) is 25.2. The summed E-state index contributed by atoms with van der Waals surface area (Å²) in [5, 5.41) is 14.5. The van der Waals surface area contributed by atoms with Gasteiger partial charge in [0.2, 0.25) is 0 Å². The maximum atomic E-state index is 14.6. The van der Waals surface area contributed by atoms with E-state index in [1.165, 1.54) is 24.0 Å². The molecule has 33 heavy (non-hydrogen) atoms. The number of carbonyl (C=O) groups is 2. The third-order valence-electron chi connectivity index (χ3n) is 5.08. The fourth-order valence-electron chi connectivity index (χ4n) is 3.58. The third kappa shape index (κ3) is 5.95. The van der Waals surface area contributed by atoms with Crippen molar-refractivity contribution in [3.8, 4) is 0 Å². The van der Waals surface area contributed by atoms with Crippen molar-refractivity contribution >= 4 is 45.8 Å². The van der Waals surface area contributed by atoms with Gasteiger partial charge in [-0.2, -0.15) is 0 Å². The maximum absolute atomic E-state index is 14.6. The molecule has 1 amide bonds. The van der Waals surface area contributed by atoms with Gasteiger partial charge in [-0.1, -0.05) is 0 Å². The lowest BCUT2D eigenvalue weighted by Crippen LogP contribution is -2.69. The van der Waals surface area contributed by atoms with Crippen LogP contribution >= 0.6 is 22.6 Å². The van der Waals surface area contributed by atoms with Gasteiger partial charge in [0.25, 0.3) is 5.91 Å². The van der Waals surface area contributed by atoms with E-state index in [-0.39, 0.29) is 37.5 Å². The summed E-state index contributed by atoms with van der Waals surface area (Å²) in [5.41, 5.74) is -1.74. The Kier molecular flexibility index (Phi) is 8.19. The van der Waals surface area contributed by atoms with E-state index >= 15 is 0 Å². The number of likely N-dealkylation sites (tertiary alicyclic amines) is 1. The van der Waals surface area contributed by atoms with Gasteiger partial charge in [-0.3, -0.25) is 9.59 Å². The quantitative estimate of drug-likeness (QED) is 0.241. The summed E-state index contributed by atoms with van der Waals surface area (Å²) in [6, 6.07) is 6.11. The molecule has 178 valence electrons. The predicted octanol–water partition coefficient (Wildman–Crippen LogP) is 3.18. The molecule has 0 saturated carbocycles. The van der Waals surface area contributed by atoms with Crippen molar-refractivity contribution in [2.45, 2.75) is 18.9 Å². The van der Waals surface area contributed by atoms with Crippen molar-refractivity contribution in [2.75, 3.05) is 38.1 Å². The number of nitrogens with one attached hydrogen (secondary N) is 2. The molecule has 1 aliphatic rings. The summed E-state index contributed by atoms with van der Waals surface area (Å²) in [6.45, 7) is 2.08. The molecule has 11 heteroatoms. The zero-order valence-corrected chi connectivity index (χ0v) is 19.9. The van der Waals surface area contributed by atoms with E-state index < -0.39 is 40.6 Å². The molecule has 0 atom stereocenters. The van der Waals surface area contributed by atoms with Gasteiger partial charge in [0.1, 0.15) is 5.82 Å². The van der Waals surface area contributed by atoms with E-state index in [9.17, 15) is 22.8 Å². The third-order valence-corrected chi connectivity index (χ3v) is 5.75. The Morgan fingerprint density at radius 3 is 2.55 bits per heavy atom. The molecule has 0 aliphatic carbocycles. The standard InChI is InChI=1S/C22H23F3IN3O4/c1-13(31)33-22(10-27-7-2-8-30)11-29(12-22)21(32)15-4-5-16(23)19(25)20(15)28-18-6-3-14(26)9-17(18)24/h3-6,9,27-28,30H,2,7-8,10-12H2,1H3. The van der Waals surface area contributed by atoms with Crippen LogP contribution in [-0.2, 0) is 9.53 Å². The first-order valence-electron chi connectivity index (χ1n) is 10.2. The van der Waals surface area contributed by atoms with Gasteiger partial charge < -0.3 is 25.4 Å². The molecule has 3 N–H and O–H groups in total. The van der Waals surface area contributed by atoms with Crippen LogP contribution in [0.2, 0.25) is 0 Å². The molecular formula is C22H23F3IN3O4. The van der Waals surface area contributed by atoms with Crippen LogP contribution in [0.4, 0.5) is 24.5 Å². The maximum Gasteiger partial charge on any atom is 0.303 e. The number of nitrogens with zero attached hydrogens (tertiary/aromatic N) is 1. The Labute approximate surface area is 202 Å². The Balaban J connectivity index is 1.81. The average Bonchev–Trinajstić information content (AvgIpc) is 2.73. The van der Waals surface area contributed by atoms with Crippen LogP contribution in [0.5, 0.6) is 0 Å². The molecule has 0 radical (unpaired) electrons. The number of hydrogen-bond donors (Lipinski definition) is 3. The monoisotopic (exact) mass is 577 g/mol. The van der Waals surface area contributed by atoms with Crippen LogP contribution < -0.4 is 10.6 Å². The number of ether oxygens (including phenoxy) is 1. The van der Waals surface area contributed by atoms with Crippen molar-refractivity contribution in [2.24, 2.45) is 0 Å². The lowest BCUT2D eigenvalue weighted by molar-refractivity contribution is -0.172. The highest BCUT2D eigenvalue weighted by atomic mass is 127. The molecule has 1 saturated heterocycles. The molecule has 1 fully saturated rings. The smallest absolute Gasteiger partial charge is 0.303 e. The van der Waals surface area contributed by atoms with Gasteiger partial charge in [-0.05, 0) is 65.9 Å². The van der Waals surface area contributed by atoms with Gasteiger partial charge in [0, 0.05) is 23.6 Å². The summed E-state index contributed by atoms with van der Waals surface area (Å²) in [7, 11) is 0. The van der Waals surface area contributed by atoms with E-state index in [4.69, 9.17) is 9.84 Å². The number of rotatable bonds is 9. The topological polar surface area (TPSA) is 90.9 Å². The highest BCUT2D eigenvalue weighted by Gasteiger charge is 2.48. The Hall–Kier alpha value is -2.38. The predicted molar refractivity (Wildman–Crippen MR) is 124 cm³/mol. The molecule has 0 aromatic heterocycles. The summed E-state index contributed by atoms with van der Waals surface area (Å²) in [6.07, 6.45) is 0.512. The Bertz CT molecular complexity index is 1050. The number of anilines is 2. The minimum Gasteiger partial charge on any atom is -0.454 e. The summed E-state index contributed by atoms with van der Waals surface area (Å²) in [5.74, 6) is -4.33. The largest absolute Gasteiger partial charge is 0.454 e.